The van der Waals surface area contributed by atoms with E-state index >= 15 is 0 Å². The molecule has 0 saturated carbocycles. The fourth-order valence-corrected chi connectivity index (χ4v) is 1.63. The number of aliphatic hydroxyl groups is 4. The highest BCUT2D eigenvalue weighted by molar-refractivity contribution is 6.34. The van der Waals surface area contributed by atoms with Crippen molar-refractivity contribution >= 4 is 11.8 Å². The van der Waals surface area contributed by atoms with E-state index in [4.69, 9.17) is 5.73 Å². The minimum absolute atomic E-state index is 0.669. The van der Waals surface area contributed by atoms with Crippen molar-refractivity contribution in [3.63, 3.8) is 0 Å². The summed E-state index contributed by atoms with van der Waals surface area (Å²) in [4.78, 5) is 23.5. The molecule has 8 heteroatoms. The van der Waals surface area contributed by atoms with Gasteiger partial charge in [0.2, 0.25) is 0 Å². The Kier molecular flexibility index (Phi) is 5.68. The molecule has 18 heavy (non-hydrogen) atoms. The van der Waals surface area contributed by atoms with Crippen molar-refractivity contribution in [2.75, 3.05) is 26.4 Å². The number of carbonyl (C=O) groups is 2. The number of primary amides is 1. The molecule has 0 aliphatic carbocycles. The molecule has 0 aliphatic heterocycles. The van der Waals surface area contributed by atoms with Gasteiger partial charge in [-0.1, -0.05) is 0 Å². The van der Waals surface area contributed by atoms with E-state index in [0.29, 0.717) is 0 Å². The second kappa shape index (κ2) is 6.10. The lowest BCUT2D eigenvalue weighted by atomic mass is 9.91. The summed E-state index contributed by atoms with van der Waals surface area (Å²) in [5.41, 5.74) is 1.82. The van der Waals surface area contributed by atoms with E-state index in [1.165, 1.54) is 13.8 Å². The summed E-state index contributed by atoms with van der Waals surface area (Å²) in [6.45, 7) is -0.0682. The molecule has 8 nitrogen and oxygen atoms in total. The Morgan fingerprint density at radius 3 is 1.39 bits per heavy atom. The smallest absolute Gasteiger partial charge is 0.312 e. The van der Waals surface area contributed by atoms with Crippen molar-refractivity contribution < 1.29 is 30.0 Å². The number of hydrogen-bond acceptors (Lipinski definition) is 6. The largest absolute Gasteiger partial charge is 0.394 e. The molecule has 0 aliphatic rings. The summed E-state index contributed by atoms with van der Waals surface area (Å²) in [5.74, 6) is -2.51. The molecule has 0 atom stereocenters. The first-order valence-electron chi connectivity index (χ1n) is 5.30. The highest BCUT2D eigenvalue weighted by Crippen LogP contribution is 2.25. The lowest BCUT2D eigenvalue weighted by Gasteiger charge is -2.48. The molecular weight excluding hydrogens is 244 g/mol. The lowest BCUT2D eigenvalue weighted by Crippen LogP contribution is -2.68. The van der Waals surface area contributed by atoms with E-state index in [2.05, 4.69) is 0 Å². The van der Waals surface area contributed by atoms with Gasteiger partial charge in [0.15, 0.2) is 0 Å². The van der Waals surface area contributed by atoms with Crippen molar-refractivity contribution in [2.45, 2.75) is 24.9 Å². The van der Waals surface area contributed by atoms with Gasteiger partial charge >= 0.3 is 11.8 Å². The molecule has 0 bridgehead atoms. The van der Waals surface area contributed by atoms with Crippen LogP contribution < -0.4 is 5.73 Å². The van der Waals surface area contributed by atoms with E-state index in [0.717, 1.165) is 4.90 Å². The van der Waals surface area contributed by atoms with Crippen molar-refractivity contribution in [2.24, 2.45) is 5.73 Å². The minimum atomic E-state index is -1.54. The van der Waals surface area contributed by atoms with Crippen LogP contribution in [0.4, 0.5) is 0 Å². The zero-order chi connectivity index (χ0) is 14.6. The van der Waals surface area contributed by atoms with Crippen LogP contribution in [0.1, 0.15) is 13.8 Å². The topological polar surface area (TPSA) is 144 Å². The van der Waals surface area contributed by atoms with Gasteiger partial charge < -0.3 is 31.1 Å². The van der Waals surface area contributed by atoms with Crippen LogP contribution in [0.5, 0.6) is 0 Å². The highest BCUT2D eigenvalue weighted by atomic mass is 16.3. The first-order chi connectivity index (χ1) is 8.22. The molecule has 6 N–H and O–H groups in total. The molecule has 0 saturated heterocycles. The molecule has 0 aromatic rings. The van der Waals surface area contributed by atoms with E-state index in [1.54, 1.807) is 0 Å². The average Bonchev–Trinajstić information content (AvgIpc) is 2.37. The van der Waals surface area contributed by atoms with E-state index in [-0.39, 0.29) is 0 Å². The van der Waals surface area contributed by atoms with Crippen molar-refractivity contribution in [1.82, 2.24) is 4.90 Å². The van der Waals surface area contributed by atoms with Crippen molar-refractivity contribution in [3.05, 3.63) is 0 Å². The Labute approximate surface area is 105 Å². The Morgan fingerprint density at radius 1 is 0.944 bits per heavy atom. The van der Waals surface area contributed by atoms with E-state index in [9.17, 15) is 30.0 Å². The van der Waals surface area contributed by atoms with Gasteiger partial charge in [0.1, 0.15) is 0 Å². The maximum atomic E-state index is 11.8. The third-order valence-electron chi connectivity index (χ3n) is 2.86. The average molecular weight is 264 g/mol. The molecule has 0 aromatic carbocycles. The Morgan fingerprint density at radius 2 is 1.22 bits per heavy atom. The second-order valence-electron chi connectivity index (χ2n) is 4.63. The quantitative estimate of drug-likeness (QED) is 0.319. The van der Waals surface area contributed by atoms with Crippen LogP contribution in [0.2, 0.25) is 0 Å². The third kappa shape index (κ3) is 2.96. The number of aliphatic hydroxyl groups excluding tert-OH is 4. The number of nitrogens with two attached hydrogens (primary N) is 1. The zero-order valence-electron chi connectivity index (χ0n) is 10.5. The predicted octanol–water partition coefficient (Wildman–Crippen LogP) is -3.21. The van der Waals surface area contributed by atoms with Gasteiger partial charge in [-0.05, 0) is 13.8 Å². The van der Waals surface area contributed by atoms with Crippen molar-refractivity contribution in [1.29, 1.82) is 0 Å². The molecule has 0 heterocycles. The molecule has 0 rings (SSSR count). The normalized spacial score (nSPS) is 12.3. The van der Waals surface area contributed by atoms with Gasteiger partial charge in [-0.3, -0.25) is 9.59 Å². The first kappa shape index (κ1) is 16.8. The van der Waals surface area contributed by atoms with Gasteiger partial charge in [0.25, 0.3) is 0 Å². The van der Waals surface area contributed by atoms with Gasteiger partial charge in [-0.25, -0.2) is 0 Å². The van der Waals surface area contributed by atoms with Gasteiger partial charge in [0, 0.05) is 0 Å². The fourth-order valence-electron chi connectivity index (χ4n) is 1.63. The van der Waals surface area contributed by atoms with Crippen LogP contribution in [0.3, 0.4) is 0 Å². The number of carbonyl (C=O) groups excluding carboxylic acids is 2. The number of rotatable bonds is 6. The summed E-state index contributed by atoms with van der Waals surface area (Å²) in [5, 5.41) is 37.1. The Balaban J connectivity index is 5.71. The summed E-state index contributed by atoms with van der Waals surface area (Å²) >= 11 is 0. The van der Waals surface area contributed by atoms with Crippen LogP contribution in [0, 0.1) is 0 Å². The van der Waals surface area contributed by atoms with Crippen LogP contribution in [0.25, 0.3) is 0 Å². The molecular formula is C10H20N2O6. The van der Waals surface area contributed by atoms with Gasteiger partial charge in [-0.15, -0.1) is 0 Å². The predicted molar refractivity (Wildman–Crippen MR) is 61.2 cm³/mol. The third-order valence-corrected chi connectivity index (χ3v) is 2.86. The van der Waals surface area contributed by atoms with E-state index < -0.39 is 49.3 Å². The fraction of sp³-hybridized carbons (Fsp3) is 0.800. The maximum absolute atomic E-state index is 11.8. The first-order valence-corrected chi connectivity index (χ1v) is 5.30. The minimum Gasteiger partial charge on any atom is -0.394 e. The summed E-state index contributed by atoms with van der Waals surface area (Å²) in [6, 6.07) is 0. The summed E-state index contributed by atoms with van der Waals surface area (Å²) < 4.78 is 0. The Bertz CT molecular complexity index is 293. The van der Waals surface area contributed by atoms with Crippen LogP contribution in [0.15, 0.2) is 0 Å². The van der Waals surface area contributed by atoms with Crippen molar-refractivity contribution in [3.8, 4) is 0 Å². The van der Waals surface area contributed by atoms with E-state index in [1.807, 2.05) is 0 Å². The van der Waals surface area contributed by atoms with Gasteiger partial charge in [-0.2, -0.15) is 0 Å². The SMILES string of the molecule is CC(CO)(CO)N(C(=O)C(N)=O)C(C)(CO)CO. The Hall–Kier alpha value is -1.22. The van der Waals surface area contributed by atoms with Crippen LogP contribution in [-0.4, -0.2) is 74.6 Å². The molecule has 106 valence electrons. The van der Waals surface area contributed by atoms with Crippen LogP contribution in [-0.2, 0) is 9.59 Å². The molecule has 0 unspecified atom stereocenters. The molecule has 0 spiro atoms. The van der Waals surface area contributed by atoms with Gasteiger partial charge in [0.05, 0.1) is 37.5 Å². The molecule has 0 fully saturated rings. The number of nitrogens with zero attached hydrogens (tertiary/aromatic N) is 1. The highest BCUT2D eigenvalue weighted by Gasteiger charge is 2.47. The van der Waals surface area contributed by atoms with Crippen LogP contribution >= 0.6 is 0 Å². The number of hydrogen-bond donors (Lipinski definition) is 5. The zero-order valence-corrected chi connectivity index (χ0v) is 10.5. The summed E-state index contributed by atoms with van der Waals surface area (Å²) in [7, 11) is 0. The maximum Gasteiger partial charge on any atom is 0.312 e. The monoisotopic (exact) mass is 264 g/mol. The standard InChI is InChI=1S/C10H20N2O6/c1-9(3-13,4-14)12(8(18)7(11)17)10(2,5-15)6-16/h13-16H,3-6H2,1-2H3,(H2,11,17). The number of amides is 2. The molecule has 0 radical (unpaired) electrons. The second-order valence-corrected chi connectivity index (χ2v) is 4.63. The summed E-state index contributed by atoms with van der Waals surface area (Å²) in [6.07, 6.45) is 0. The molecule has 2 amide bonds. The lowest BCUT2D eigenvalue weighted by molar-refractivity contribution is -0.165. The molecule has 0 aromatic heterocycles.